The monoisotopic (exact) mass is 289 g/mol. The number of nitrogens with zero attached hydrogens (tertiary/aromatic N) is 2. The molecule has 0 saturated carbocycles. The number of ether oxygens (including phenoxy) is 1. The second-order valence-corrected chi connectivity index (χ2v) is 5.20. The lowest BCUT2D eigenvalue weighted by Gasteiger charge is -2.07. The Kier molecular flexibility index (Phi) is 5.33. The molecule has 1 heterocycles. The van der Waals surface area contributed by atoms with E-state index < -0.39 is 0 Å². The van der Waals surface area contributed by atoms with E-state index in [4.69, 9.17) is 4.74 Å². The number of hydrogen-bond donors (Lipinski definition) is 1. The van der Waals surface area contributed by atoms with Gasteiger partial charge in [-0.05, 0) is 50.5 Å². The molecular formula is C16H23N3O2. The molecule has 0 bridgehead atoms. The first-order chi connectivity index (χ1) is 10.1. The lowest BCUT2D eigenvalue weighted by atomic mass is 10.1. The van der Waals surface area contributed by atoms with Gasteiger partial charge in [-0.2, -0.15) is 0 Å². The fourth-order valence-corrected chi connectivity index (χ4v) is 2.20. The molecule has 0 unspecified atom stereocenters. The number of benzene rings is 1. The van der Waals surface area contributed by atoms with Gasteiger partial charge in [-0.3, -0.25) is 4.79 Å². The van der Waals surface area contributed by atoms with E-state index in [0.717, 1.165) is 17.5 Å². The van der Waals surface area contributed by atoms with Crippen LogP contribution < -0.4 is 5.32 Å². The van der Waals surface area contributed by atoms with Crippen LogP contribution in [-0.4, -0.2) is 35.2 Å². The van der Waals surface area contributed by atoms with Crippen LogP contribution in [-0.2, 0) is 16.1 Å². The van der Waals surface area contributed by atoms with Crippen molar-refractivity contribution in [2.24, 2.45) is 0 Å². The Morgan fingerprint density at radius 2 is 2.10 bits per heavy atom. The maximum atomic E-state index is 11.9. The van der Waals surface area contributed by atoms with Gasteiger partial charge in [0.15, 0.2) is 0 Å². The number of amides is 1. The quantitative estimate of drug-likeness (QED) is 0.795. The van der Waals surface area contributed by atoms with Gasteiger partial charge in [0.2, 0.25) is 5.91 Å². The molecule has 0 saturated heterocycles. The van der Waals surface area contributed by atoms with Crippen LogP contribution in [0.15, 0.2) is 18.5 Å². The number of rotatable bonds is 7. The lowest BCUT2D eigenvalue weighted by molar-refractivity contribution is -0.121. The van der Waals surface area contributed by atoms with Crippen molar-refractivity contribution in [3.05, 3.63) is 29.6 Å². The highest BCUT2D eigenvalue weighted by Gasteiger charge is 2.08. The van der Waals surface area contributed by atoms with Crippen LogP contribution in [0.4, 0.5) is 0 Å². The summed E-state index contributed by atoms with van der Waals surface area (Å²) in [5.74, 6) is 0.00373. The lowest BCUT2D eigenvalue weighted by Crippen LogP contribution is -2.28. The molecule has 0 radical (unpaired) electrons. The summed E-state index contributed by atoms with van der Waals surface area (Å²) in [6, 6.07) is 4.14. The summed E-state index contributed by atoms with van der Waals surface area (Å²) in [5, 5.41) is 2.90. The smallest absolute Gasteiger partial charge is 0.239 e. The van der Waals surface area contributed by atoms with Crippen LogP contribution in [0.1, 0.15) is 24.5 Å². The first kappa shape index (κ1) is 15.5. The van der Waals surface area contributed by atoms with E-state index in [1.807, 2.05) is 11.5 Å². The van der Waals surface area contributed by atoms with E-state index in [1.165, 1.54) is 11.1 Å². The summed E-state index contributed by atoms with van der Waals surface area (Å²) >= 11 is 0. The summed E-state index contributed by atoms with van der Waals surface area (Å²) in [6.07, 6.45) is 2.56. The van der Waals surface area contributed by atoms with Crippen LogP contribution in [0.2, 0.25) is 0 Å². The first-order valence-electron chi connectivity index (χ1n) is 7.38. The van der Waals surface area contributed by atoms with Crippen LogP contribution in [0.25, 0.3) is 11.0 Å². The van der Waals surface area contributed by atoms with Gasteiger partial charge in [-0.15, -0.1) is 0 Å². The molecule has 5 nitrogen and oxygen atoms in total. The van der Waals surface area contributed by atoms with E-state index >= 15 is 0 Å². The van der Waals surface area contributed by atoms with Gasteiger partial charge < -0.3 is 14.6 Å². The minimum atomic E-state index is 0.00373. The van der Waals surface area contributed by atoms with E-state index in [0.29, 0.717) is 26.3 Å². The molecule has 0 aliphatic rings. The van der Waals surface area contributed by atoms with Crippen LogP contribution in [0.3, 0.4) is 0 Å². The Hall–Kier alpha value is -1.88. The molecule has 114 valence electrons. The summed E-state index contributed by atoms with van der Waals surface area (Å²) in [6.45, 7) is 8.44. The molecule has 0 fully saturated rings. The molecule has 2 aromatic rings. The van der Waals surface area contributed by atoms with Gasteiger partial charge >= 0.3 is 0 Å². The van der Waals surface area contributed by atoms with E-state index in [1.54, 1.807) is 6.33 Å². The second-order valence-electron chi connectivity index (χ2n) is 5.20. The maximum Gasteiger partial charge on any atom is 0.239 e. The topological polar surface area (TPSA) is 56.1 Å². The minimum Gasteiger partial charge on any atom is -0.382 e. The number of imidazole rings is 1. The number of aromatic nitrogens is 2. The minimum absolute atomic E-state index is 0.00373. The largest absolute Gasteiger partial charge is 0.382 e. The van der Waals surface area contributed by atoms with Crippen molar-refractivity contribution in [1.82, 2.24) is 14.9 Å². The summed E-state index contributed by atoms with van der Waals surface area (Å²) in [7, 11) is 0. The highest BCUT2D eigenvalue weighted by Crippen LogP contribution is 2.18. The number of hydrogen-bond acceptors (Lipinski definition) is 3. The number of aryl methyl sites for hydroxylation is 2. The predicted octanol–water partition coefficient (Wildman–Crippen LogP) is 2.20. The van der Waals surface area contributed by atoms with Crippen molar-refractivity contribution in [3.63, 3.8) is 0 Å². The zero-order chi connectivity index (χ0) is 15.2. The number of carbonyl (C=O) groups is 1. The zero-order valence-electron chi connectivity index (χ0n) is 13.0. The molecule has 0 spiro atoms. The van der Waals surface area contributed by atoms with E-state index in [2.05, 4.69) is 36.3 Å². The normalized spacial score (nSPS) is 11.0. The Bertz CT molecular complexity index is 619. The van der Waals surface area contributed by atoms with Gasteiger partial charge in [0.1, 0.15) is 6.54 Å². The third-order valence-electron chi connectivity index (χ3n) is 3.54. The van der Waals surface area contributed by atoms with Gasteiger partial charge in [-0.25, -0.2) is 4.98 Å². The molecule has 1 aromatic carbocycles. The fourth-order valence-electron chi connectivity index (χ4n) is 2.20. The van der Waals surface area contributed by atoms with Crippen LogP contribution in [0.5, 0.6) is 0 Å². The maximum absolute atomic E-state index is 11.9. The van der Waals surface area contributed by atoms with E-state index in [-0.39, 0.29) is 5.91 Å². The Labute approximate surface area is 125 Å². The fraction of sp³-hybridized carbons (Fsp3) is 0.500. The third-order valence-corrected chi connectivity index (χ3v) is 3.54. The molecule has 1 amide bonds. The van der Waals surface area contributed by atoms with Gasteiger partial charge in [-0.1, -0.05) is 0 Å². The third kappa shape index (κ3) is 4.04. The Morgan fingerprint density at radius 1 is 1.33 bits per heavy atom. The van der Waals surface area contributed by atoms with Crippen LogP contribution in [0, 0.1) is 13.8 Å². The summed E-state index contributed by atoms with van der Waals surface area (Å²) in [4.78, 5) is 16.3. The Balaban J connectivity index is 1.93. The van der Waals surface area contributed by atoms with Crippen molar-refractivity contribution in [2.75, 3.05) is 19.8 Å². The SMILES string of the molecule is CCOCCCNC(=O)Cn1cnc2cc(C)c(C)cc21. The predicted molar refractivity (Wildman–Crippen MR) is 83.3 cm³/mol. The first-order valence-corrected chi connectivity index (χ1v) is 7.38. The molecule has 5 heteroatoms. The van der Waals surface area contributed by atoms with Gasteiger partial charge in [0.25, 0.3) is 0 Å². The average molecular weight is 289 g/mol. The molecule has 0 aliphatic carbocycles. The highest BCUT2D eigenvalue weighted by atomic mass is 16.5. The second kappa shape index (κ2) is 7.22. The van der Waals surface area contributed by atoms with Gasteiger partial charge in [0, 0.05) is 19.8 Å². The highest BCUT2D eigenvalue weighted by molar-refractivity contribution is 5.81. The number of carbonyl (C=O) groups excluding carboxylic acids is 1. The number of nitrogens with one attached hydrogen (secondary N) is 1. The zero-order valence-corrected chi connectivity index (χ0v) is 13.0. The molecule has 2 rings (SSSR count). The van der Waals surface area contributed by atoms with Crippen molar-refractivity contribution in [2.45, 2.75) is 33.7 Å². The van der Waals surface area contributed by atoms with Gasteiger partial charge in [0.05, 0.1) is 17.4 Å². The van der Waals surface area contributed by atoms with Crippen LogP contribution >= 0.6 is 0 Å². The molecule has 1 aromatic heterocycles. The van der Waals surface area contributed by atoms with Crippen molar-refractivity contribution in [3.8, 4) is 0 Å². The van der Waals surface area contributed by atoms with Crippen molar-refractivity contribution >= 4 is 16.9 Å². The van der Waals surface area contributed by atoms with E-state index in [9.17, 15) is 4.79 Å². The standard InChI is InChI=1S/C16H23N3O2/c1-4-21-7-5-6-17-16(20)10-19-11-18-14-8-12(2)13(3)9-15(14)19/h8-9,11H,4-7,10H2,1-3H3,(H,17,20). The van der Waals surface area contributed by atoms with Crippen molar-refractivity contribution in [1.29, 1.82) is 0 Å². The molecule has 0 aliphatic heterocycles. The molecule has 0 atom stereocenters. The molecule has 21 heavy (non-hydrogen) atoms. The molecular weight excluding hydrogens is 266 g/mol. The average Bonchev–Trinajstić information content (AvgIpc) is 2.81. The molecule has 1 N–H and O–H groups in total. The Morgan fingerprint density at radius 3 is 2.86 bits per heavy atom. The van der Waals surface area contributed by atoms with Crippen molar-refractivity contribution < 1.29 is 9.53 Å². The number of fused-ring (bicyclic) bond motifs is 1. The summed E-state index contributed by atoms with van der Waals surface area (Å²) < 4.78 is 7.13. The summed E-state index contributed by atoms with van der Waals surface area (Å²) in [5.41, 5.74) is 4.36.